The molecule has 0 saturated heterocycles. The molecule has 2 rings (SSSR count). The van der Waals surface area contributed by atoms with Crippen molar-refractivity contribution in [2.75, 3.05) is 6.61 Å². The Balaban J connectivity index is 2.52. The molecule has 2 aromatic rings. The number of esters is 1. The highest BCUT2D eigenvalue weighted by Gasteiger charge is 2.20. The number of hydrogen-bond acceptors (Lipinski definition) is 6. The van der Waals surface area contributed by atoms with Gasteiger partial charge in [0.15, 0.2) is 16.8 Å². The summed E-state index contributed by atoms with van der Waals surface area (Å²) in [5, 5.41) is 9.55. The first-order valence-electron chi connectivity index (χ1n) is 7.11. The van der Waals surface area contributed by atoms with Crippen LogP contribution in [-0.2, 0) is 9.53 Å². The van der Waals surface area contributed by atoms with Crippen LogP contribution in [0, 0.1) is 11.6 Å². The van der Waals surface area contributed by atoms with Gasteiger partial charge < -0.3 is 9.84 Å². The molecular formula is C16H11Cl2F2N3O3. The number of carbonyl (C=O) groups excluding carboxylic acids is 1. The van der Waals surface area contributed by atoms with E-state index in [0.29, 0.717) is 0 Å². The lowest BCUT2D eigenvalue weighted by molar-refractivity contribution is -0.137. The number of carbonyl (C=O) groups is 1. The number of aliphatic hydroxyl groups excluding tert-OH is 1. The van der Waals surface area contributed by atoms with Crippen molar-refractivity contribution in [2.45, 2.75) is 6.92 Å². The van der Waals surface area contributed by atoms with E-state index in [0.717, 1.165) is 24.5 Å². The molecule has 10 heteroatoms. The van der Waals surface area contributed by atoms with Gasteiger partial charge in [-0.25, -0.2) is 28.5 Å². The van der Waals surface area contributed by atoms with E-state index in [-0.39, 0.29) is 23.1 Å². The van der Waals surface area contributed by atoms with Crippen LogP contribution in [0.3, 0.4) is 0 Å². The fourth-order valence-corrected chi connectivity index (χ4v) is 2.16. The van der Waals surface area contributed by atoms with Crippen molar-refractivity contribution in [2.24, 2.45) is 4.99 Å². The van der Waals surface area contributed by atoms with Crippen molar-refractivity contribution in [3.05, 3.63) is 57.5 Å². The third kappa shape index (κ3) is 4.74. The van der Waals surface area contributed by atoms with Gasteiger partial charge in [-0.3, -0.25) is 0 Å². The van der Waals surface area contributed by atoms with Crippen molar-refractivity contribution in [1.82, 2.24) is 9.97 Å². The monoisotopic (exact) mass is 401 g/mol. The number of aliphatic hydroxyl groups is 1. The predicted octanol–water partition coefficient (Wildman–Crippen LogP) is 4.30. The van der Waals surface area contributed by atoms with Crippen LogP contribution in [0.25, 0.3) is 5.76 Å². The lowest BCUT2D eigenvalue weighted by Gasteiger charge is -2.08. The summed E-state index contributed by atoms with van der Waals surface area (Å²) in [4.78, 5) is 23.2. The molecule has 6 nitrogen and oxygen atoms in total. The largest absolute Gasteiger partial charge is 0.506 e. The molecule has 0 amide bonds. The van der Waals surface area contributed by atoms with E-state index in [1.807, 2.05) is 0 Å². The normalized spacial score (nSPS) is 12.2. The molecule has 0 aliphatic heterocycles. The zero-order valence-electron chi connectivity index (χ0n) is 13.2. The molecule has 2 heterocycles. The summed E-state index contributed by atoms with van der Waals surface area (Å²) in [7, 11) is 0. The average Bonchev–Trinajstić information content (AvgIpc) is 2.60. The number of hydrogen-bond donors (Lipinski definition) is 1. The molecule has 0 atom stereocenters. The molecule has 0 aliphatic rings. The average molecular weight is 402 g/mol. The SMILES string of the molecule is CCOC(=O)/C(C=Nc1ccc(F)cn1)=C(/O)c1cc(F)c(Cl)nc1Cl. The number of aromatic nitrogens is 2. The molecule has 0 fully saturated rings. The van der Waals surface area contributed by atoms with E-state index in [2.05, 4.69) is 15.0 Å². The third-order valence-corrected chi connectivity index (χ3v) is 3.48. The van der Waals surface area contributed by atoms with Gasteiger partial charge in [-0.1, -0.05) is 23.2 Å². The molecule has 0 bridgehead atoms. The van der Waals surface area contributed by atoms with E-state index < -0.39 is 34.1 Å². The molecule has 0 unspecified atom stereocenters. The van der Waals surface area contributed by atoms with Gasteiger partial charge in [-0.2, -0.15) is 0 Å². The maximum Gasteiger partial charge on any atom is 0.343 e. The second-order valence-electron chi connectivity index (χ2n) is 4.67. The topological polar surface area (TPSA) is 84.7 Å². The Morgan fingerprint density at radius 3 is 2.69 bits per heavy atom. The zero-order chi connectivity index (χ0) is 19.3. The van der Waals surface area contributed by atoms with Crippen LogP contribution in [0.1, 0.15) is 12.5 Å². The predicted molar refractivity (Wildman–Crippen MR) is 92.7 cm³/mol. The molecule has 2 aromatic heterocycles. The van der Waals surface area contributed by atoms with Crippen LogP contribution in [0.4, 0.5) is 14.6 Å². The number of pyridine rings is 2. The van der Waals surface area contributed by atoms with E-state index in [9.17, 15) is 18.7 Å². The molecule has 0 spiro atoms. The van der Waals surface area contributed by atoms with Gasteiger partial charge >= 0.3 is 5.97 Å². The Kier molecular flexibility index (Phi) is 6.59. The van der Waals surface area contributed by atoms with Gasteiger partial charge in [0, 0.05) is 6.21 Å². The summed E-state index contributed by atoms with van der Waals surface area (Å²) in [6, 6.07) is 3.18. The summed E-state index contributed by atoms with van der Waals surface area (Å²) in [6.07, 6.45) is 1.87. The minimum atomic E-state index is -0.946. The first-order chi connectivity index (χ1) is 12.3. The third-order valence-electron chi connectivity index (χ3n) is 2.93. The van der Waals surface area contributed by atoms with Crippen LogP contribution >= 0.6 is 23.2 Å². The standard InChI is InChI=1S/C16H11Cl2F2N3O3/c1-2-26-16(25)10(7-22-12-4-3-8(19)6-21-12)13(24)9-5-11(20)15(18)23-14(9)17/h3-7,24H,2H2,1H3/b13-10+,22-7?. The van der Waals surface area contributed by atoms with Crippen LogP contribution < -0.4 is 0 Å². The second kappa shape index (κ2) is 8.68. The highest BCUT2D eigenvalue weighted by Crippen LogP contribution is 2.27. The summed E-state index contributed by atoms with van der Waals surface area (Å²) in [5.74, 6) is -3.11. The van der Waals surface area contributed by atoms with Gasteiger partial charge in [0.25, 0.3) is 0 Å². The molecule has 0 aliphatic carbocycles. The lowest BCUT2D eigenvalue weighted by atomic mass is 10.1. The minimum absolute atomic E-state index is 0.0131. The summed E-state index contributed by atoms with van der Waals surface area (Å²) < 4.78 is 31.3. The minimum Gasteiger partial charge on any atom is -0.506 e. The molecule has 0 aromatic carbocycles. The van der Waals surface area contributed by atoms with Crippen molar-refractivity contribution in [3.8, 4) is 0 Å². The lowest BCUT2D eigenvalue weighted by Crippen LogP contribution is -2.12. The molecule has 136 valence electrons. The van der Waals surface area contributed by atoms with Crippen LogP contribution in [0.15, 0.2) is 35.0 Å². The highest BCUT2D eigenvalue weighted by molar-refractivity contribution is 6.34. The van der Waals surface area contributed by atoms with Gasteiger partial charge in [0.1, 0.15) is 22.3 Å². The van der Waals surface area contributed by atoms with Gasteiger partial charge in [0.05, 0.1) is 18.4 Å². The van der Waals surface area contributed by atoms with Gasteiger partial charge in [0.2, 0.25) is 0 Å². The highest BCUT2D eigenvalue weighted by atomic mass is 35.5. The maximum absolute atomic E-state index is 13.6. The summed E-state index contributed by atoms with van der Waals surface area (Å²) in [6.45, 7) is 1.57. The van der Waals surface area contributed by atoms with Crippen molar-refractivity contribution < 1.29 is 23.4 Å². The van der Waals surface area contributed by atoms with E-state index >= 15 is 0 Å². The Morgan fingerprint density at radius 1 is 1.35 bits per heavy atom. The molecule has 0 saturated carbocycles. The summed E-state index contributed by atoms with van der Waals surface area (Å²) >= 11 is 11.4. The fourth-order valence-electron chi connectivity index (χ4n) is 1.75. The zero-order valence-corrected chi connectivity index (χ0v) is 14.7. The van der Waals surface area contributed by atoms with Crippen molar-refractivity contribution in [3.63, 3.8) is 0 Å². The Morgan fingerprint density at radius 2 is 2.08 bits per heavy atom. The van der Waals surface area contributed by atoms with Gasteiger partial charge in [-0.15, -0.1) is 0 Å². The van der Waals surface area contributed by atoms with E-state index in [1.165, 1.54) is 6.07 Å². The van der Waals surface area contributed by atoms with Crippen molar-refractivity contribution in [1.29, 1.82) is 0 Å². The quantitative estimate of drug-likeness (QED) is 0.265. The first kappa shape index (κ1) is 19.7. The van der Waals surface area contributed by atoms with E-state index in [4.69, 9.17) is 27.9 Å². The van der Waals surface area contributed by atoms with Crippen LogP contribution in [0.2, 0.25) is 10.3 Å². The number of aliphatic imine (C=N–C) groups is 1. The molecule has 1 N–H and O–H groups in total. The Bertz CT molecular complexity index is 887. The molecule has 26 heavy (non-hydrogen) atoms. The van der Waals surface area contributed by atoms with Crippen LogP contribution in [0.5, 0.6) is 0 Å². The Labute approximate surface area is 156 Å². The number of ether oxygens (including phenoxy) is 1. The maximum atomic E-state index is 13.6. The molecular weight excluding hydrogens is 391 g/mol. The Hall–Kier alpha value is -2.58. The fraction of sp³-hybridized carbons (Fsp3) is 0.125. The number of nitrogens with zero attached hydrogens (tertiary/aromatic N) is 3. The second-order valence-corrected chi connectivity index (χ2v) is 5.39. The van der Waals surface area contributed by atoms with Crippen LogP contribution in [-0.4, -0.2) is 33.9 Å². The molecule has 0 radical (unpaired) electrons. The van der Waals surface area contributed by atoms with E-state index in [1.54, 1.807) is 6.92 Å². The van der Waals surface area contributed by atoms with Gasteiger partial charge in [-0.05, 0) is 25.1 Å². The van der Waals surface area contributed by atoms with Crippen molar-refractivity contribution >= 4 is 47.0 Å². The number of halogens is 4. The summed E-state index contributed by atoms with van der Waals surface area (Å²) in [5.41, 5.74) is -0.710. The number of rotatable bonds is 5. The smallest absolute Gasteiger partial charge is 0.343 e. The first-order valence-corrected chi connectivity index (χ1v) is 7.87.